The quantitative estimate of drug-likeness (QED) is 0.295. The zero-order valence-corrected chi connectivity index (χ0v) is 16.7. The highest BCUT2D eigenvalue weighted by Crippen LogP contribution is 2.17. The van der Waals surface area contributed by atoms with Crippen molar-refractivity contribution in [2.75, 3.05) is 19.8 Å². The first kappa shape index (κ1) is 20.1. The highest BCUT2D eigenvalue weighted by atomic mass is 127. The van der Waals surface area contributed by atoms with Crippen LogP contribution in [0.1, 0.15) is 44.3 Å². The first-order valence-electron chi connectivity index (χ1n) is 8.18. The van der Waals surface area contributed by atoms with Crippen molar-refractivity contribution in [3.63, 3.8) is 0 Å². The fraction of sp³-hybridized carbons (Fsp3) is 0.800. The Morgan fingerprint density at radius 2 is 2.09 bits per heavy atom. The van der Waals surface area contributed by atoms with Crippen molar-refractivity contribution in [3.8, 4) is 0 Å². The number of aryl methyl sites for hydroxylation is 1. The molecule has 1 saturated carbocycles. The van der Waals surface area contributed by atoms with Gasteiger partial charge in [-0.2, -0.15) is 0 Å². The molecule has 1 aromatic rings. The number of nitrogens with zero attached hydrogens (tertiary/aromatic N) is 4. The molecule has 7 nitrogen and oxygen atoms in total. The Morgan fingerprint density at radius 1 is 1.35 bits per heavy atom. The Hall–Kier alpha value is -0.900. The van der Waals surface area contributed by atoms with Crippen LogP contribution in [0.25, 0.3) is 0 Å². The lowest BCUT2D eigenvalue weighted by molar-refractivity contribution is 0.152. The van der Waals surface area contributed by atoms with Gasteiger partial charge in [-0.3, -0.25) is 0 Å². The van der Waals surface area contributed by atoms with Gasteiger partial charge in [0.15, 0.2) is 11.8 Å². The number of ether oxygens (including phenoxy) is 1. The third kappa shape index (κ3) is 6.62. The Morgan fingerprint density at radius 3 is 2.70 bits per heavy atom. The monoisotopic (exact) mass is 436 g/mol. The van der Waals surface area contributed by atoms with Gasteiger partial charge in [0.1, 0.15) is 12.4 Å². The van der Waals surface area contributed by atoms with Crippen LogP contribution in [0.15, 0.2) is 4.99 Å². The van der Waals surface area contributed by atoms with Crippen LogP contribution >= 0.6 is 24.0 Å². The Balaban J connectivity index is 0.00000264. The molecule has 0 atom stereocenters. The predicted octanol–water partition coefficient (Wildman–Crippen LogP) is 1.76. The molecule has 132 valence electrons. The Kier molecular flexibility index (Phi) is 9.46. The van der Waals surface area contributed by atoms with Crippen molar-refractivity contribution < 1.29 is 4.74 Å². The molecular formula is C15H29IN6O. The van der Waals surface area contributed by atoms with E-state index < -0.39 is 0 Å². The van der Waals surface area contributed by atoms with Crippen molar-refractivity contribution in [2.24, 2.45) is 12.0 Å². The second-order valence-corrected chi connectivity index (χ2v) is 5.64. The van der Waals surface area contributed by atoms with Gasteiger partial charge in [0.2, 0.25) is 0 Å². The summed E-state index contributed by atoms with van der Waals surface area (Å²) >= 11 is 0. The summed E-state index contributed by atoms with van der Waals surface area (Å²) in [6.45, 7) is 6.64. The predicted molar refractivity (Wildman–Crippen MR) is 102 cm³/mol. The molecule has 0 aliphatic heterocycles. The molecule has 0 bridgehead atoms. The molecule has 0 amide bonds. The van der Waals surface area contributed by atoms with Gasteiger partial charge < -0.3 is 19.9 Å². The molecule has 23 heavy (non-hydrogen) atoms. The van der Waals surface area contributed by atoms with E-state index in [-0.39, 0.29) is 24.0 Å². The molecule has 1 aromatic heterocycles. The number of aromatic nitrogens is 3. The molecule has 0 unspecified atom stereocenters. The van der Waals surface area contributed by atoms with E-state index in [2.05, 4.69) is 25.8 Å². The lowest BCUT2D eigenvalue weighted by atomic mass is 10.2. The van der Waals surface area contributed by atoms with Crippen molar-refractivity contribution in [3.05, 3.63) is 11.6 Å². The molecule has 0 spiro atoms. The van der Waals surface area contributed by atoms with Crippen LogP contribution in [-0.2, 0) is 18.3 Å². The Labute approximate surface area is 155 Å². The van der Waals surface area contributed by atoms with E-state index in [9.17, 15) is 0 Å². The van der Waals surface area contributed by atoms with E-state index in [1.165, 1.54) is 25.7 Å². The second-order valence-electron chi connectivity index (χ2n) is 5.64. The van der Waals surface area contributed by atoms with E-state index in [0.29, 0.717) is 19.2 Å². The fourth-order valence-corrected chi connectivity index (χ4v) is 2.54. The third-order valence-electron chi connectivity index (χ3n) is 4.00. The smallest absolute Gasteiger partial charge is 0.192 e. The molecule has 2 rings (SSSR count). The van der Waals surface area contributed by atoms with Gasteiger partial charge in [0.25, 0.3) is 0 Å². The summed E-state index contributed by atoms with van der Waals surface area (Å²) < 4.78 is 7.34. The largest absolute Gasteiger partial charge is 0.380 e. The summed E-state index contributed by atoms with van der Waals surface area (Å²) in [6, 6.07) is 0.527. The lowest BCUT2D eigenvalue weighted by Gasteiger charge is -2.17. The minimum absolute atomic E-state index is 0. The third-order valence-corrected chi connectivity index (χ3v) is 4.00. The van der Waals surface area contributed by atoms with Crippen LogP contribution in [0.2, 0.25) is 0 Å². The number of guanidine groups is 1. The van der Waals surface area contributed by atoms with Crippen LogP contribution < -0.4 is 10.6 Å². The average molecular weight is 436 g/mol. The van der Waals surface area contributed by atoms with E-state index >= 15 is 0 Å². The van der Waals surface area contributed by atoms with Gasteiger partial charge in [-0.05, 0) is 26.7 Å². The van der Waals surface area contributed by atoms with E-state index in [1.807, 2.05) is 25.5 Å². The molecule has 0 radical (unpaired) electrons. The summed E-state index contributed by atoms with van der Waals surface area (Å²) in [4.78, 5) is 4.64. The molecular weight excluding hydrogens is 407 g/mol. The van der Waals surface area contributed by atoms with Crippen molar-refractivity contribution in [2.45, 2.75) is 52.1 Å². The van der Waals surface area contributed by atoms with Gasteiger partial charge in [0, 0.05) is 26.2 Å². The maximum absolute atomic E-state index is 5.37. The van der Waals surface area contributed by atoms with Gasteiger partial charge in [-0.1, -0.05) is 12.8 Å². The van der Waals surface area contributed by atoms with Gasteiger partial charge >= 0.3 is 0 Å². The number of nitrogens with one attached hydrogen (secondary N) is 2. The van der Waals surface area contributed by atoms with Crippen LogP contribution in [0, 0.1) is 6.92 Å². The van der Waals surface area contributed by atoms with Crippen LogP contribution in [-0.4, -0.2) is 46.5 Å². The van der Waals surface area contributed by atoms with Gasteiger partial charge in [0.05, 0.1) is 6.61 Å². The number of rotatable bonds is 7. The molecule has 0 saturated heterocycles. The van der Waals surface area contributed by atoms with Crippen LogP contribution in [0.5, 0.6) is 0 Å². The maximum atomic E-state index is 5.37. The van der Waals surface area contributed by atoms with Crippen molar-refractivity contribution >= 4 is 29.9 Å². The highest BCUT2D eigenvalue weighted by Gasteiger charge is 2.16. The molecule has 1 aliphatic carbocycles. The van der Waals surface area contributed by atoms with Gasteiger partial charge in [-0.15, -0.1) is 34.2 Å². The van der Waals surface area contributed by atoms with E-state index in [1.54, 1.807) is 0 Å². The number of halogens is 1. The summed E-state index contributed by atoms with van der Waals surface area (Å²) in [6.07, 6.45) is 5.03. The normalized spacial score (nSPS) is 15.5. The van der Waals surface area contributed by atoms with E-state index in [4.69, 9.17) is 4.74 Å². The summed E-state index contributed by atoms with van der Waals surface area (Å²) in [5.74, 6) is 2.61. The van der Waals surface area contributed by atoms with Crippen LogP contribution in [0.4, 0.5) is 0 Å². The summed E-state index contributed by atoms with van der Waals surface area (Å²) in [5.41, 5.74) is 0. The minimum atomic E-state index is 0. The molecule has 1 aliphatic rings. The number of hydrogen-bond donors (Lipinski definition) is 2. The lowest BCUT2D eigenvalue weighted by Crippen LogP contribution is -2.43. The summed E-state index contributed by atoms with van der Waals surface area (Å²) in [5, 5.41) is 15.1. The molecule has 1 fully saturated rings. The van der Waals surface area contributed by atoms with E-state index in [0.717, 1.165) is 30.8 Å². The fourth-order valence-electron chi connectivity index (χ4n) is 2.54. The second kappa shape index (κ2) is 10.8. The minimum Gasteiger partial charge on any atom is -0.380 e. The molecule has 8 heteroatoms. The van der Waals surface area contributed by atoms with Crippen LogP contribution in [0.3, 0.4) is 0 Å². The average Bonchev–Trinajstić information content (AvgIpc) is 3.13. The molecule has 1 heterocycles. The number of hydrogen-bond acceptors (Lipinski definition) is 4. The Bertz CT molecular complexity index is 484. The zero-order chi connectivity index (χ0) is 15.8. The SMILES string of the molecule is CCOCCNC(=NCc1nnc(C)n1C)NC1CCCC1.I. The van der Waals surface area contributed by atoms with Gasteiger partial charge in [-0.25, -0.2) is 4.99 Å². The zero-order valence-electron chi connectivity index (χ0n) is 14.3. The van der Waals surface area contributed by atoms with Crippen molar-refractivity contribution in [1.29, 1.82) is 0 Å². The topological polar surface area (TPSA) is 76.4 Å². The molecule has 0 aromatic carbocycles. The first-order chi connectivity index (χ1) is 10.7. The van der Waals surface area contributed by atoms with Crippen molar-refractivity contribution in [1.82, 2.24) is 25.4 Å². The maximum Gasteiger partial charge on any atom is 0.192 e. The standard InChI is InChI=1S/C15H28N6O.HI/c1-4-22-10-9-16-15(18-13-7-5-6-8-13)17-11-14-20-19-12(2)21(14)3;/h13H,4-11H2,1-3H3,(H2,16,17,18);1H. The molecule has 2 N–H and O–H groups in total. The summed E-state index contributed by atoms with van der Waals surface area (Å²) in [7, 11) is 1.97. The highest BCUT2D eigenvalue weighted by molar-refractivity contribution is 14.0. The number of aliphatic imine (C=N–C) groups is 1. The first-order valence-corrected chi connectivity index (χ1v) is 8.18.